The minimum absolute atomic E-state index is 0.191. The van der Waals surface area contributed by atoms with Crippen LogP contribution < -0.4 is 10.6 Å². The molecule has 2 aromatic heterocycles. The normalized spacial score (nSPS) is 10.6. The van der Waals surface area contributed by atoms with Crippen molar-refractivity contribution in [3.63, 3.8) is 0 Å². The zero-order valence-electron chi connectivity index (χ0n) is 13.5. The second-order valence-corrected chi connectivity index (χ2v) is 6.48. The van der Waals surface area contributed by atoms with Gasteiger partial charge in [0, 0.05) is 18.0 Å². The second kappa shape index (κ2) is 8.42. The summed E-state index contributed by atoms with van der Waals surface area (Å²) in [4.78, 5) is 38.6. The predicted octanol–water partition coefficient (Wildman–Crippen LogP) is 0.866. The van der Waals surface area contributed by atoms with Gasteiger partial charge in [-0.2, -0.15) is 0 Å². The highest BCUT2D eigenvalue weighted by atomic mass is 32.1. The summed E-state index contributed by atoms with van der Waals surface area (Å²) in [5, 5.41) is 5.07. The van der Waals surface area contributed by atoms with E-state index in [1.54, 1.807) is 24.3 Å². The van der Waals surface area contributed by atoms with Crippen molar-refractivity contribution in [3.8, 4) is 0 Å². The van der Waals surface area contributed by atoms with Gasteiger partial charge in [-0.1, -0.05) is 0 Å². The maximum atomic E-state index is 12.1. The van der Waals surface area contributed by atoms with Gasteiger partial charge in [0.1, 0.15) is 0 Å². The summed E-state index contributed by atoms with van der Waals surface area (Å²) < 4.78 is 5.07. The molecule has 0 unspecified atom stereocenters. The van der Waals surface area contributed by atoms with E-state index in [0.717, 1.165) is 4.88 Å². The molecule has 0 bridgehead atoms. The van der Waals surface area contributed by atoms with Crippen molar-refractivity contribution in [2.45, 2.75) is 6.54 Å². The van der Waals surface area contributed by atoms with Crippen molar-refractivity contribution in [1.82, 2.24) is 15.5 Å². The number of nitrogens with one attached hydrogen (secondary N) is 2. The van der Waals surface area contributed by atoms with Crippen LogP contribution in [0.25, 0.3) is 0 Å². The van der Waals surface area contributed by atoms with Gasteiger partial charge in [-0.25, -0.2) is 0 Å². The molecule has 0 aliphatic heterocycles. The van der Waals surface area contributed by atoms with Gasteiger partial charge in [0.25, 0.3) is 0 Å². The molecule has 7 nitrogen and oxygen atoms in total. The molecule has 8 heteroatoms. The number of carbonyl (C=O) groups excluding carboxylic acids is 3. The topological polar surface area (TPSA) is 91.7 Å². The minimum atomic E-state index is -0.693. The molecule has 2 amide bonds. The Bertz CT molecular complexity index is 707. The highest BCUT2D eigenvalue weighted by Crippen LogP contribution is 2.20. The Labute approximate surface area is 143 Å². The van der Waals surface area contributed by atoms with Crippen LogP contribution in [0.15, 0.2) is 34.9 Å². The molecule has 0 atom stereocenters. The van der Waals surface area contributed by atoms with Crippen LogP contribution in [0, 0.1) is 0 Å². The molecule has 24 heavy (non-hydrogen) atoms. The van der Waals surface area contributed by atoms with Gasteiger partial charge in [0.05, 0.1) is 17.7 Å². The Morgan fingerprint density at radius 2 is 1.88 bits per heavy atom. The summed E-state index contributed by atoms with van der Waals surface area (Å²) >= 11 is 1.25. The quantitative estimate of drug-likeness (QED) is 0.572. The summed E-state index contributed by atoms with van der Waals surface area (Å²) in [7, 11) is 3.76. The average molecular weight is 349 g/mol. The van der Waals surface area contributed by atoms with Crippen LogP contribution in [0.5, 0.6) is 0 Å². The Morgan fingerprint density at radius 1 is 1.12 bits per heavy atom. The average Bonchev–Trinajstić information content (AvgIpc) is 3.23. The lowest BCUT2D eigenvalue weighted by Crippen LogP contribution is -2.41. The fourth-order valence-electron chi connectivity index (χ4n) is 1.85. The monoisotopic (exact) mass is 349 g/mol. The van der Waals surface area contributed by atoms with Crippen LogP contribution in [0.4, 0.5) is 0 Å². The van der Waals surface area contributed by atoms with Crippen LogP contribution in [-0.2, 0) is 16.1 Å². The van der Waals surface area contributed by atoms with E-state index in [9.17, 15) is 14.4 Å². The van der Waals surface area contributed by atoms with Crippen molar-refractivity contribution in [2.24, 2.45) is 0 Å². The van der Waals surface area contributed by atoms with Gasteiger partial charge in [-0.15, -0.1) is 11.3 Å². The van der Waals surface area contributed by atoms with Gasteiger partial charge in [0.2, 0.25) is 5.78 Å². The van der Waals surface area contributed by atoms with Crippen LogP contribution in [0.2, 0.25) is 0 Å². The molecular formula is C16H19N3O4S. The van der Waals surface area contributed by atoms with Crippen molar-refractivity contribution in [3.05, 3.63) is 46.0 Å². The molecule has 2 aromatic rings. The summed E-state index contributed by atoms with van der Waals surface area (Å²) in [5.41, 5.74) is 0. The van der Waals surface area contributed by atoms with Crippen LogP contribution >= 0.6 is 11.3 Å². The van der Waals surface area contributed by atoms with Crippen molar-refractivity contribution < 1.29 is 18.8 Å². The van der Waals surface area contributed by atoms with Gasteiger partial charge in [-0.05, 0) is 38.4 Å². The van der Waals surface area contributed by atoms with E-state index in [4.69, 9.17) is 4.42 Å². The number of likely N-dealkylation sites (N-methyl/N-ethyl adjacent to an activating group) is 1. The van der Waals surface area contributed by atoms with E-state index in [2.05, 4.69) is 10.6 Å². The molecule has 0 fully saturated rings. The zero-order valence-corrected chi connectivity index (χ0v) is 14.3. The van der Waals surface area contributed by atoms with E-state index in [0.29, 0.717) is 18.0 Å². The predicted molar refractivity (Wildman–Crippen MR) is 89.9 cm³/mol. The molecule has 2 N–H and O–H groups in total. The van der Waals surface area contributed by atoms with Crippen LogP contribution in [-0.4, -0.2) is 49.7 Å². The van der Waals surface area contributed by atoms with Crippen LogP contribution in [0.1, 0.15) is 20.3 Å². The minimum Gasteiger partial charge on any atom is -0.461 e. The third-order valence-corrected chi connectivity index (χ3v) is 4.19. The second-order valence-electron chi connectivity index (χ2n) is 5.31. The molecule has 0 aliphatic rings. The van der Waals surface area contributed by atoms with Gasteiger partial charge >= 0.3 is 11.8 Å². The molecule has 2 rings (SSSR count). The Hall–Kier alpha value is -2.45. The SMILES string of the molecule is CN(C)CCNC(=O)C(=O)NCc1ccc(C(=O)c2ccco2)s1. The summed E-state index contributed by atoms with van der Waals surface area (Å²) in [6.07, 6.45) is 1.44. The maximum Gasteiger partial charge on any atom is 0.309 e. The van der Waals surface area contributed by atoms with E-state index in [1.165, 1.54) is 17.6 Å². The van der Waals surface area contributed by atoms with Crippen molar-refractivity contribution in [1.29, 1.82) is 0 Å². The number of furan rings is 1. The van der Waals surface area contributed by atoms with E-state index < -0.39 is 11.8 Å². The van der Waals surface area contributed by atoms with Gasteiger partial charge < -0.3 is 20.0 Å². The number of hydrogen-bond donors (Lipinski definition) is 2. The maximum absolute atomic E-state index is 12.1. The van der Waals surface area contributed by atoms with Crippen molar-refractivity contribution in [2.75, 3.05) is 27.2 Å². The molecule has 0 saturated heterocycles. The third kappa shape index (κ3) is 5.04. The van der Waals surface area contributed by atoms with E-state index in [-0.39, 0.29) is 18.1 Å². The first kappa shape index (κ1) is 17.9. The largest absolute Gasteiger partial charge is 0.461 e. The summed E-state index contributed by atoms with van der Waals surface area (Å²) in [6.45, 7) is 1.25. The van der Waals surface area contributed by atoms with Crippen molar-refractivity contribution >= 4 is 28.9 Å². The molecule has 2 heterocycles. The molecule has 0 saturated carbocycles. The summed E-state index contributed by atoms with van der Waals surface area (Å²) in [6, 6.07) is 6.66. The van der Waals surface area contributed by atoms with Crippen LogP contribution in [0.3, 0.4) is 0 Å². The number of carbonyl (C=O) groups is 3. The standard InChI is InChI=1S/C16H19N3O4S/c1-19(2)8-7-17-15(21)16(22)18-10-11-5-6-13(24-11)14(20)12-4-3-9-23-12/h3-6,9H,7-8,10H2,1-2H3,(H,17,21)(H,18,22). The molecule has 0 aliphatic carbocycles. The third-order valence-electron chi connectivity index (χ3n) is 3.10. The fraction of sp³-hybridized carbons (Fsp3) is 0.312. The lowest BCUT2D eigenvalue weighted by Gasteiger charge is -2.10. The molecule has 128 valence electrons. The molecule has 0 radical (unpaired) electrons. The first-order valence-corrected chi connectivity index (χ1v) is 8.16. The Kier molecular flexibility index (Phi) is 6.28. The number of nitrogens with zero attached hydrogens (tertiary/aromatic N) is 1. The fourth-order valence-corrected chi connectivity index (χ4v) is 2.74. The summed E-state index contributed by atoms with van der Waals surface area (Å²) in [5.74, 6) is -1.29. The highest BCUT2D eigenvalue weighted by molar-refractivity contribution is 7.14. The molecule has 0 aromatic carbocycles. The Morgan fingerprint density at radius 3 is 2.54 bits per heavy atom. The smallest absolute Gasteiger partial charge is 0.309 e. The van der Waals surface area contributed by atoms with E-state index in [1.807, 2.05) is 19.0 Å². The number of ketones is 1. The van der Waals surface area contributed by atoms with Gasteiger partial charge in [-0.3, -0.25) is 14.4 Å². The first-order chi connectivity index (χ1) is 11.5. The highest BCUT2D eigenvalue weighted by Gasteiger charge is 2.16. The van der Waals surface area contributed by atoms with E-state index >= 15 is 0 Å². The Balaban J connectivity index is 1.81. The lowest BCUT2D eigenvalue weighted by atomic mass is 10.2. The van der Waals surface area contributed by atoms with Gasteiger partial charge in [0.15, 0.2) is 5.76 Å². The first-order valence-electron chi connectivity index (χ1n) is 7.35. The number of rotatable bonds is 7. The number of thiophene rings is 1. The number of amides is 2. The lowest BCUT2D eigenvalue weighted by molar-refractivity contribution is -0.139. The number of hydrogen-bond acceptors (Lipinski definition) is 6. The zero-order chi connectivity index (χ0) is 17.5. The molecule has 0 spiro atoms. The molecular weight excluding hydrogens is 330 g/mol.